The summed E-state index contributed by atoms with van der Waals surface area (Å²) < 4.78 is 0. The van der Waals surface area contributed by atoms with Crippen LogP contribution in [0.4, 0.5) is 5.69 Å². The van der Waals surface area contributed by atoms with Gasteiger partial charge in [-0.15, -0.1) is 0 Å². The number of rotatable bonds is 2. The molecule has 0 unspecified atom stereocenters. The fraction of sp³-hybridized carbons (Fsp3) is 0.647. The lowest BCUT2D eigenvalue weighted by Gasteiger charge is -2.35. The van der Waals surface area contributed by atoms with Gasteiger partial charge >= 0.3 is 0 Å². The molecule has 2 aliphatic rings. The van der Waals surface area contributed by atoms with Gasteiger partial charge in [0.05, 0.1) is 0 Å². The third-order valence-electron chi connectivity index (χ3n) is 5.03. The van der Waals surface area contributed by atoms with Gasteiger partial charge in [0.1, 0.15) is 0 Å². The SMILES string of the molecule is CN(c1ccc2c(c1)CCCC2)C1CCC(N)CC1. The molecule has 2 heteroatoms. The minimum absolute atomic E-state index is 0.438. The number of fused-ring (bicyclic) bond motifs is 1. The summed E-state index contributed by atoms with van der Waals surface area (Å²) in [7, 11) is 2.26. The highest BCUT2D eigenvalue weighted by atomic mass is 15.1. The van der Waals surface area contributed by atoms with Crippen molar-refractivity contribution in [3.8, 4) is 0 Å². The molecular weight excluding hydrogens is 232 g/mol. The molecule has 0 bridgehead atoms. The maximum Gasteiger partial charge on any atom is 0.0369 e. The van der Waals surface area contributed by atoms with Crippen molar-refractivity contribution < 1.29 is 0 Å². The van der Waals surface area contributed by atoms with Gasteiger partial charge in [-0.05, 0) is 74.6 Å². The van der Waals surface area contributed by atoms with Crippen LogP contribution in [0.15, 0.2) is 18.2 Å². The molecule has 1 fully saturated rings. The molecule has 0 saturated heterocycles. The van der Waals surface area contributed by atoms with E-state index >= 15 is 0 Å². The van der Waals surface area contributed by atoms with Crippen molar-refractivity contribution in [3.63, 3.8) is 0 Å². The van der Waals surface area contributed by atoms with Crippen LogP contribution < -0.4 is 10.6 Å². The summed E-state index contributed by atoms with van der Waals surface area (Å²) in [6, 6.07) is 8.23. The minimum atomic E-state index is 0.438. The average molecular weight is 258 g/mol. The van der Waals surface area contributed by atoms with Gasteiger partial charge in [-0.3, -0.25) is 0 Å². The van der Waals surface area contributed by atoms with E-state index in [1.807, 2.05) is 0 Å². The molecule has 104 valence electrons. The van der Waals surface area contributed by atoms with Gasteiger partial charge in [-0.1, -0.05) is 6.07 Å². The van der Waals surface area contributed by atoms with E-state index in [0.29, 0.717) is 12.1 Å². The average Bonchev–Trinajstić information content (AvgIpc) is 2.47. The lowest BCUT2D eigenvalue weighted by atomic mass is 9.89. The predicted molar refractivity (Wildman–Crippen MR) is 81.7 cm³/mol. The van der Waals surface area contributed by atoms with E-state index in [9.17, 15) is 0 Å². The molecule has 2 N–H and O–H groups in total. The molecule has 19 heavy (non-hydrogen) atoms. The molecular formula is C17H26N2. The van der Waals surface area contributed by atoms with Crippen molar-refractivity contribution in [1.82, 2.24) is 0 Å². The molecule has 1 aromatic rings. The highest BCUT2D eigenvalue weighted by Gasteiger charge is 2.22. The van der Waals surface area contributed by atoms with E-state index < -0.39 is 0 Å². The Morgan fingerprint density at radius 1 is 1.00 bits per heavy atom. The highest BCUT2D eigenvalue weighted by Crippen LogP contribution is 2.29. The number of anilines is 1. The van der Waals surface area contributed by atoms with Crippen LogP contribution in [0.25, 0.3) is 0 Å². The first kappa shape index (κ1) is 13.0. The molecule has 0 heterocycles. The summed E-state index contributed by atoms with van der Waals surface area (Å²) in [5.41, 5.74) is 10.6. The zero-order chi connectivity index (χ0) is 13.2. The Kier molecular flexibility index (Phi) is 3.79. The summed E-state index contributed by atoms with van der Waals surface area (Å²) in [6.07, 6.45) is 10.1. The number of nitrogens with zero attached hydrogens (tertiary/aromatic N) is 1. The maximum atomic E-state index is 6.01. The topological polar surface area (TPSA) is 29.3 Å². The fourth-order valence-electron chi connectivity index (χ4n) is 3.64. The van der Waals surface area contributed by atoms with E-state index in [4.69, 9.17) is 5.73 Å². The van der Waals surface area contributed by atoms with Crippen molar-refractivity contribution in [2.45, 2.75) is 63.5 Å². The van der Waals surface area contributed by atoms with E-state index in [-0.39, 0.29) is 0 Å². The summed E-state index contributed by atoms with van der Waals surface area (Å²) in [4.78, 5) is 2.49. The summed E-state index contributed by atoms with van der Waals surface area (Å²) in [5, 5.41) is 0. The predicted octanol–water partition coefficient (Wildman–Crippen LogP) is 3.27. The molecule has 1 saturated carbocycles. The molecule has 3 rings (SSSR count). The zero-order valence-electron chi connectivity index (χ0n) is 12.1. The van der Waals surface area contributed by atoms with Crippen molar-refractivity contribution in [1.29, 1.82) is 0 Å². The first-order valence-corrected chi connectivity index (χ1v) is 7.84. The molecule has 2 nitrogen and oxygen atoms in total. The van der Waals surface area contributed by atoms with Crippen LogP contribution in [0.1, 0.15) is 49.7 Å². The van der Waals surface area contributed by atoms with E-state index in [1.165, 1.54) is 57.1 Å². The number of aryl methyl sites for hydroxylation is 2. The second-order valence-corrected chi connectivity index (χ2v) is 6.34. The van der Waals surface area contributed by atoms with Crippen LogP contribution >= 0.6 is 0 Å². The van der Waals surface area contributed by atoms with Crippen molar-refractivity contribution in [3.05, 3.63) is 29.3 Å². The number of benzene rings is 1. The van der Waals surface area contributed by atoms with Crippen LogP contribution in [-0.4, -0.2) is 19.1 Å². The molecule has 0 aromatic heterocycles. The molecule has 0 atom stereocenters. The maximum absolute atomic E-state index is 6.01. The van der Waals surface area contributed by atoms with Gasteiger partial charge in [0, 0.05) is 24.8 Å². The third-order valence-corrected chi connectivity index (χ3v) is 5.03. The van der Waals surface area contributed by atoms with Crippen LogP contribution in [-0.2, 0) is 12.8 Å². The van der Waals surface area contributed by atoms with Gasteiger partial charge in [0.15, 0.2) is 0 Å². The minimum Gasteiger partial charge on any atom is -0.372 e. The quantitative estimate of drug-likeness (QED) is 0.882. The molecule has 0 amide bonds. The summed E-state index contributed by atoms with van der Waals surface area (Å²) in [6.45, 7) is 0. The molecule has 0 spiro atoms. The Morgan fingerprint density at radius 3 is 2.42 bits per heavy atom. The number of hydrogen-bond donors (Lipinski definition) is 1. The Balaban J connectivity index is 1.74. The van der Waals surface area contributed by atoms with Gasteiger partial charge in [0.25, 0.3) is 0 Å². The zero-order valence-corrected chi connectivity index (χ0v) is 12.1. The van der Waals surface area contributed by atoms with Gasteiger partial charge in [-0.2, -0.15) is 0 Å². The van der Waals surface area contributed by atoms with Crippen molar-refractivity contribution >= 4 is 5.69 Å². The first-order chi connectivity index (χ1) is 9.24. The second-order valence-electron chi connectivity index (χ2n) is 6.34. The van der Waals surface area contributed by atoms with Crippen LogP contribution in [0, 0.1) is 0 Å². The van der Waals surface area contributed by atoms with Gasteiger partial charge in [-0.25, -0.2) is 0 Å². The van der Waals surface area contributed by atoms with Crippen LogP contribution in [0.5, 0.6) is 0 Å². The Labute approximate surface area is 117 Å². The highest BCUT2D eigenvalue weighted by molar-refractivity contribution is 5.52. The molecule has 0 aliphatic heterocycles. The van der Waals surface area contributed by atoms with E-state index in [1.54, 1.807) is 11.1 Å². The summed E-state index contributed by atoms with van der Waals surface area (Å²) in [5.74, 6) is 0. The van der Waals surface area contributed by atoms with Crippen LogP contribution in [0.3, 0.4) is 0 Å². The van der Waals surface area contributed by atoms with Crippen molar-refractivity contribution in [2.24, 2.45) is 5.73 Å². The monoisotopic (exact) mass is 258 g/mol. The smallest absolute Gasteiger partial charge is 0.0369 e. The lowest BCUT2D eigenvalue weighted by molar-refractivity contribution is 0.385. The summed E-state index contributed by atoms with van der Waals surface area (Å²) >= 11 is 0. The Bertz CT molecular complexity index is 433. The number of nitrogens with two attached hydrogens (primary N) is 1. The normalized spacial score (nSPS) is 26.8. The first-order valence-electron chi connectivity index (χ1n) is 7.84. The van der Waals surface area contributed by atoms with Crippen LogP contribution in [0.2, 0.25) is 0 Å². The third kappa shape index (κ3) is 2.79. The van der Waals surface area contributed by atoms with Gasteiger partial charge < -0.3 is 10.6 Å². The number of hydrogen-bond acceptors (Lipinski definition) is 2. The lowest BCUT2D eigenvalue weighted by Crippen LogP contribution is -2.38. The van der Waals surface area contributed by atoms with E-state index in [2.05, 4.69) is 30.1 Å². The standard InChI is InChI=1S/C17H26N2/c1-19(16-10-7-15(18)8-11-16)17-9-6-13-4-2-3-5-14(13)12-17/h6,9,12,15-16H,2-5,7-8,10-11,18H2,1H3. The Hall–Kier alpha value is -1.02. The fourth-order valence-corrected chi connectivity index (χ4v) is 3.64. The van der Waals surface area contributed by atoms with E-state index in [0.717, 1.165) is 0 Å². The molecule has 1 aromatic carbocycles. The van der Waals surface area contributed by atoms with Crippen molar-refractivity contribution in [2.75, 3.05) is 11.9 Å². The largest absolute Gasteiger partial charge is 0.372 e. The molecule has 0 radical (unpaired) electrons. The second kappa shape index (κ2) is 5.54. The molecule has 2 aliphatic carbocycles. The van der Waals surface area contributed by atoms with Gasteiger partial charge in [0.2, 0.25) is 0 Å². The Morgan fingerprint density at radius 2 is 1.68 bits per heavy atom.